The van der Waals surface area contributed by atoms with Crippen molar-refractivity contribution in [3.8, 4) is 23.0 Å². The summed E-state index contributed by atoms with van der Waals surface area (Å²) in [6.45, 7) is 0. The molecule has 0 aliphatic heterocycles. The Labute approximate surface area is 179 Å². The molecule has 0 radical (unpaired) electrons. The monoisotopic (exact) mass is 432 g/mol. The third-order valence-electron chi connectivity index (χ3n) is 4.34. The standard InChI is InChI=1S/C22H24O9/c1-27-15-7-13(8-16(11-15)28-2)21(26)22(31-20(25)6-5-19(23)24)14-9-17(29-3)12-18(10-14)30-4/h7-12,22H,5-6H2,1-4H3,(H,23,24). The maximum Gasteiger partial charge on any atom is 0.307 e. The van der Waals surface area contributed by atoms with Crippen molar-refractivity contribution in [3.05, 3.63) is 47.5 Å². The summed E-state index contributed by atoms with van der Waals surface area (Å²) in [5.74, 6) is -1.02. The maximum absolute atomic E-state index is 13.4. The number of carboxylic acids is 1. The minimum atomic E-state index is -1.37. The van der Waals surface area contributed by atoms with Gasteiger partial charge in [0.25, 0.3) is 0 Å². The van der Waals surface area contributed by atoms with Crippen molar-refractivity contribution in [2.75, 3.05) is 28.4 Å². The zero-order chi connectivity index (χ0) is 23.0. The highest BCUT2D eigenvalue weighted by molar-refractivity contribution is 6.01. The van der Waals surface area contributed by atoms with Crippen molar-refractivity contribution in [1.82, 2.24) is 0 Å². The minimum absolute atomic E-state index is 0.175. The van der Waals surface area contributed by atoms with Crippen LogP contribution in [0, 0.1) is 0 Å². The Morgan fingerprint density at radius 2 is 1.19 bits per heavy atom. The van der Waals surface area contributed by atoms with E-state index in [-0.39, 0.29) is 12.0 Å². The molecule has 1 unspecified atom stereocenters. The molecule has 0 aliphatic rings. The van der Waals surface area contributed by atoms with Gasteiger partial charge in [0.15, 0.2) is 6.10 Å². The van der Waals surface area contributed by atoms with E-state index < -0.39 is 30.2 Å². The molecule has 0 amide bonds. The Balaban J connectivity index is 2.50. The van der Waals surface area contributed by atoms with Crippen molar-refractivity contribution in [3.63, 3.8) is 0 Å². The molecular weight excluding hydrogens is 408 g/mol. The molecule has 1 N–H and O–H groups in total. The van der Waals surface area contributed by atoms with Crippen LogP contribution in [0.3, 0.4) is 0 Å². The van der Waals surface area contributed by atoms with Gasteiger partial charge < -0.3 is 28.8 Å². The van der Waals surface area contributed by atoms with Crippen molar-refractivity contribution in [2.45, 2.75) is 18.9 Å². The average molecular weight is 432 g/mol. The minimum Gasteiger partial charge on any atom is -0.497 e. The van der Waals surface area contributed by atoms with Crippen molar-refractivity contribution < 1.29 is 43.2 Å². The Hall–Kier alpha value is -3.75. The number of hydrogen-bond donors (Lipinski definition) is 1. The number of carbonyl (C=O) groups excluding carboxylic acids is 2. The number of benzene rings is 2. The van der Waals surface area contributed by atoms with Gasteiger partial charge >= 0.3 is 11.9 Å². The molecule has 9 heteroatoms. The van der Waals surface area contributed by atoms with Crippen LogP contribution in [0.5, 0.6) is 23.0 Å². The molecule has 31 heavy (non-hydrogen) atoms. The van der Waals surface area contributed by atoms with Gasteiger partial charge in [0.2, 0.25) is 5.78 Å². The lowest BCUT2D eigenvalue weighted by molar-refractivity contribution is -0.150. The summed E-state index contributed by atoms with van der Waals surface area (Å²) >= 11 is 0. The molecule has 0 aromatic heterocycles. The number of ketones is 1. The molecule has 0 bridgehead atoms. The van der Waals surface area contributed by atoms with Gasteiger partial charge in [0, 0.05) is 23.3 Å². The van der Waals surface area contributed by atoms with Crippen LogP contribution in [0.25, 0.3) is 0 Å². The Bertz CT molecular complexity index is 907. The number of hydrogen-bond acceptors (Lipinski definition) is 8. The van der Waals surface area contributed by atoms with Crippen molar-refractivity contribution in [1.29, 1.82) is 0 Å². The van der Waals surface area contributed by atoms with E-state index in [0.717, 1.165) is 0 Å². The smallest absolute Gasteiger partial charge is 0.307 e. The zero-order valence-corrected chi connectivity index (χ0v) is 17.7. The molecule has 2 aromatic rings. The molecule has 0 saturated heterocycles. The van der Waals surface area contributed by atoms with E-state index in [0.29, 0.717) is 28.6 Å². The number of rotatable bonds is 11. The van der Waals surface area contributed by atoms with Gasteiger partial charge in [0.05, 0.1) is 41.3 Å². The summed E-state index contributed by atoms with van der Waals surface area (Å²) in [5, 5.41) is 8.82. The molecule has 0 spiro atoms. The van der Waals surface area contributed by atoms with Crippen molar-refractivity contribution >= 4 is 17.7 Å². The predicted molar refractivity (Wildman–Crippen MR) is 109 cm³/mol. The van der Waals surface area contributed by atoms with Gasteiger partial charge in [-0.3, -0.25) is 14.4 Å². The third kappa shape index (κ3) is 6.36. The van der Waals surface area contributed by atoms with Crippen LogP contribution < -0.4 is 18.9 Å². The van der Waals surface area contributed by atoms with E-state index in [4.69, 9.17) is 28.8 Å². The lowest BCUT2D eigenvalue weighted by Gasteiger charge is -2.19. The number of carboxylic acid groups (broad SMARTS) is 1. The van der Waals surface area contributed by atoms with E-state index in [2.05, 4.69) is 0 Å². The van der Waals surface area contributed by atoms with Crippen LogP contribution in [0.1, 0.15) is 34.9 Å². The first-order valence-electron chi connectivity index (χ1n) is 9.22. The molecule has 0 fully saturated rings. The largest absolute Gasteiger partial charge is 0.497 e. The van der Waals surface area contributed by atoms with Gasteiger partial charge in [0.1, 0.15) is 23.0 Å². The van der Waals surface area contributed by atoms with Crippen LogP contribution in [0.15, 0.2) is 36.4 Å². The highest BCUT2D eigenvalue weighted by atomic mass is 16.5. The summed E-state index contributed by atoms with van der Waals surface area (Å²) in [6, 6.07) is 9.24. The lowest BCUT2D eigenvalue weighted by atomic mass is 9.98. The quantitative estimate of drug-likeness (QED) is 0.422. The fourth-order valence-electron chi connectivity index (χ4n) is 2.75. The van der Waals surface area contributed by atoms with Crippen molar-refractivity contribution in [2.24, 2.45) is 0 Å². The van der Waals surface area contributed by atoms with E-state index in [1.54, 1.807) is 12.1 Å². The Kier molecular flexibility index (Phi) is 8.25. The average Bonchev–Trinajstić information content (AvgIpc) is 2.79. The van der Waals surface area contributed by atoms with Gasteiger partial charge in [-0.1, -0.05) is 0 Å². The number of carbonyl (C=O) groups is 3. The topological polar surface area (TPSA) is 118 Å². The predicted octanol–water partition coefficient (Wildman–Crippen LogP) is 3.05. The maximum atomic E-state index is 13.4. The van der Waals surface area contributed by atoms with Crippen LogP contribution in [-0.2, 0) is 14.3 Å². The Morgan fingerprint density at radius 3 is 1.61 bits per heavy atom. The first-order valence-corrected chi connectivity index (χ1v) is 9.22. The van der Waals surface area contributed by atoms with E-state index >= 15 is 0 Å². The zero-order valence-electron chi connectivity index (χ0n) is 17.7. The second-order valence-electron chi connectivity index (χ2n) is 6.38. The van der Waals surface area contributed by atoms with E-state index in [9.17, 15) is 14.4 Å². The van der Waals surface area contributed by atoms with Gasteiger partial charge in [-0.15, -0.1) is 0 Å². The summed E-state index contributed by atoms with van der Waals surface area (Å²) in [6.07, 6.45) is -2.18. The summed E-state index contributed by atoms with van der Waals surface area (Å²) in [4.78, 5) is 36.4. The molecule has 0 heterocycles. The first-order chi connectivity index (χ1) is 14.8. The fourth-order valence-corrected chi connectivity index (χ4v) is 2.75. The molecule has 2 rings (SSSR count). The van der Waals surface area contributed by atoms with Crippen LogP contribution in [-0.4, -0.2) is 51.3 Å². The highest BCUT2D eigenvalue weighted by Crippen LogP contribution is 2.32. The highest BCUT2D eigenvalue weighted by Gasteiger charge is 2.28. The number of aliphatic carboxylic acids is 1. The van der Waals surface area contributed by atoms with Crippen LogP contribution >= 0.6 is 0 Å². The normalized spacial score (nSPS) is 11.2. The van der Waals surface area contributed by atoms with E-state index in [1.807, 2.05) is 0 Å². The number of ether oxygens (including phenoxy) is 5. The molecule has 2 aromatic carbocycles. The molecule has 1 atom stereocenters. The summed E-state index contributed by atoms with van der Waals surface area (Å²) in [5.41, 5.74) is 0.473. The number of Topliss-reactive ketones (excluding diaryl/α,β-unsaturated/α-hetero) is 1. The van der Waals surface area contributed by atoms with Gasteiger partial charge in [-0.2, -0.15) is 0 Å². The lowest BCUT2D eigenvalue weighted by Crippen LogP contribution is -2.21. The number of methoxy groups -OCH3 is 4. The second-order valence-corrected chi connectivity index (χ2v) is 6.38. The van der Waals surface area contributed by atoms with Gasteiger partial charge in [-0.25, -0.2) is 0 Å². The SMILES string of the molecule is COc1cc(OC)cc(C(=O)C(OC(=O)CCC(=O)O)c2cc(OC)cc(OC)c2)c1. The van der Waals surface area contributed by atoms with Crippen LogP contribution in [0.2, 0.25) is 0 Å². The fraction of sp³-hybridized carbons (Fsp3) is 0.318. The second kappa shape index (κ2) is 10.9. The first kappa shape index (κ1) is 23.5. The molecule has 9 nitrogen and oxygen atoms in total. The van der Waals surface area contributed by atoms with Gasteiger partial charge in [-0.05, 0) is 24.3 Å². The number of esters is 1. The van der Waals surface area contributed by atoms with Crippen LogP contribution in [0.4, 0.5) is 0 Å². The molecule has 0 aliphatic carbocycles. The summed E-state index contributed by atoms with van der Waals surface area (Å²) < 4.78 is 26.3. The Morgan fingerprint density at radius 1 is 0.742 bits per heavy atom. The molecular formula is C22H24O9. The molecule has 0 saturated carbocycles. The third-order valence-corrected chi connectivity index (χ3v) is 4.34. The molecule has 166 valence electrons. The summed E-state index contributed by atoms with van der Waals surface area (Å²) in [7, 11) is 5.78. The van der Waals surface area contributed by atoms with E-state index in [1.165, 1.54) is 52.7 Å².